The number of Topliss-reactive ketones (excluding diaryl/α,β-unsaturated/α-hetero) is 1. The molecule has 2 N–H and O–H groups in total. The number of carbonyl (C=O) groups excluding carboxylic acids is 5. The average Bonchev–Trinajstić information content (AvgIpc) is 2.90. The van der Waals surface area contributed by atoms with Gasteiger partial charge in [-0.15, -0.1) is 12.2 Å². The Hall–Kier alpha value is 1.69. The van der Waals surface area contributed by atoms with Gasteiger partial charge in [-0.05, 0) is 38.8 Å². The summed E-state index contributed by atoms with van der Waals surface area (Å²) in [6, 6.07) is 6.32. The molecule has 0 spiro atoms. The molecule has 0 aliphatic rings. The van der Waals surface area contributed by atoms with Crippen molar-refractivity contribution in [3.8, 4) is 0 Å². The van der Waals surface area contributed by atoms with E-state index in [-0.39, 0.29) is 218 Å². The second-order valence-corrected chi connectivity index (χ2v) is 9.43. The standard InChI is InChI=1S/C29H45N5O6.3Rb/c1-21(23(3)35)8-5-6-13-32-29(39)33-14-7-16-40-17-15-31-27(37)20-28(38)34-25-11-9-24(10-12-25)19-26(36)18-22(2)30-4;;;/h9-12,18,21H,5-8,13-17,19-20H2,1-4H3,(H5,30,31,32,33,34,36,37,38,39);;;/q;3*+1/p-3. The molecule has 11 nitrogen and oxygen atoms in total. The number of nitrogens with zero attached hydrogens (tertiary/aromatic N) is 3. The maximum absolute atomic E-state index is 12.0. The summed E-state index contributed by atoms with van der Waals surface area (Å²) in [7, 11) is 1.74. The summed E-state index contributed by atoms with van der Waals surface area (Å²) in [4.78, 5) is 58.8. The molecule has 43 heavy (non-hydrogen) atoms. The number of unbranched alkanes of at least 4 members (excludes halogenated alkanes) is 1. The van der Waals surface area contributed by atoms with Gasteiger partial charge in [0.1, 0.15) is 5.78 Å². The van der Waals surface area contributed by atoms with E-state index in [1.807, 2.05) is 6.92 Å². The first-order valence-electron chi connectivity index (χ1n) is 13.6. The first kappa shape index (κ1) is 49.1. The number of hydrogen-bond donors (Lipinski definition) is 2. The number of carbonyl (C=O) groups is 5. The van der Waals surface area contributed by atoms with Crippen LogP contribution in [0, 0.1) is 5.92 Å². The number of urea groups is 1. The summed E-state index contributed by atoms with van der Waals surface area (Å²) in [5.74, 6) is -0.978. The molecular formula is C29H42N5O6Rb3. The van der Waals surface area contributed by atoms with E-state index in [1.165, 1.54) is 6.08 Å². The Kier molecular flexibility index (Phi) is 35.4. The Balaban J connectivity index is -0.00000533. The fraction of sp³-hybridized carbons (Fsp3) is 0.552. The molecule has 0 aromatic heterocycles. The maximum atomic E-state index is 12.0. The van der Waals surface area contributed by atoms with Crippen molar-refractivity contribution in [2.45, 2.75) is 59.3 Å². The van der Waals surface area contributed by atoms with Crippen LogP contribution < -0.4 is 185 Å². The number of nitrogens with one attached hydrogen (secondary N) is 2. The minimum Gasteiger partial charge on any atom is -0.651 e. The van der Waals surface area contributed by atoms with E-state index in [2.05, 4.69) is 26.6 Å². The molecule has 14 heteroatoms. The van der Waals surface area contributed by atoms with Gasteiger partial charge >= 0.3 is 175 Å². The zero-order valence-corrected chi connectivity index (χ0v) is 41.8. The van der Waals surface area contributed by atoms with Crippen LogP contribution in [-0.4, -0.2) is 69.3 Å². The Morgan fingerprint density at radius 1 is 0.884 bits per heavy atom. The van der Waals surface area contributed by atoms with Crippen LogP contribution in [0.2, 0.25) is 0 Å². The summed E-state index contributed by atoms with van der Waals surface area (Å²) in [6.45, 7) is 6.85. The van der Waals surface area contributed by atoms with Gasteiger partial charge in [0, 0.05) is 50.8 Å². The molecule has 0 radical (unpaired) electrons. The fourth-order valence-corrected chi connectivity index (χ4v) is 3.34. The minimum absolute atomic E-state index is 0. The molecule has 1 aromatic rings. The summed E-state index contributed by atoms with van der Waals surface area (Å²) >= 11 is 0. The van der Waals surface area contributed by atoms with Crippen molar-refractivity contribution >= 4 is 35.1 Å². The van der Waals surface area contributed by atoms with Crippen LogP contribution in [0.5, 0.6) is 0 Å². The molecule has 1 rings (SSSR count). The number of hydrogen-bond acceptors (Lipinski definition) is 7. The molecule has 0 saturated carbocycles. The smallest absolute Gasteiger partial charge is 0.651 e. The maximum Gasteiger partial charge on any atom is 1.00 e. The van der Waals surface area contributed by atoms with Gasteiger partial charge in [-0.25, -0.2) is 0 Å². The van der Waals surface area contributed by atoms with Crippen LogP contribution in [0.25, 0.3) is 16.0 Å². The van der Waals surface area contributed by atoms with Crippen molar-refractivity contribution in [2.75, 3.05) is 39.9 Å². The SMILES string of the molecule is CN/C(C)=C\C(=O)Cc1ccc([N-]C(=O)CC(=O)[N-]CCOCCC[N-]C(=O)NCCCCC(C)C(C)=O)cc1.[Rb+].[Rb+].[Rb+]. The molecule has 0 fully saturated rings. The van der Waals surface area contributed by atoms with Gasteiger partial charge in [0.05, 0.1) is 11.8 Å². The van der Waals surface area contributed by atoms with Crippen LogP contribution in [0.4, 0.5) is 10.5 Å². The van der Waals surface area contributed by atoms with Gasteiger partial charge in [0.15, 0.2) is 11.8 Å². The van der Waals surface area contributed by atoms with Crippen LogP contribution in [-0.2, 0) is 30.3 Å². The van der Waals surface area contributed by atoms with Gasteiger partial charge in [0.25, 0.3) is 0 Å². The van der Waals surface area contributed by atoms with E-state index >= 15 is 0 Å². The molecule has 222 valence electrons. The van der Waals surface area contributed by atoms with Crippen molar-refractivity contribution in [2.24, 2.45) is 5.92 Å². The number of rotatable bonds is 20. The normalized spacial score (nSPS) is 10.9. The quantitative estimate of drug-likeness (QED) is 0.0765. The van der Waals surface area contributed by atoms with Crippen molar-refractivity contribution in [1.29, 1.82) is 0 Å². The molecule has 0 bridgehead atoms. The van der Waals surface area contributed by atoms with Crippen LogP contribution in [0.1, 0.15) is 58.4 Å². The molecule has 0 saturated heterocycles. The molecule has 1 atom stereocenters. The predicted octanol–water partition coefficient (Wildman–Crippen LogP) is -4.36. The van der Waals surface area contributed by atoms with Crippen LogP contribution in [0.3, 0.4) is 0 Å². The minimum atomic E-state index is -0.600. The van der Waals surface area contributed by atoms with Crippen molar-refractivity contribution < 1.29 is 203 Å². The van der Waals surface area contributed by atoms with Gasteiger partial charge in [-0.1, -0.05) is 50.6 Å². The largest absolute Gasteiger partial charge is 1.00 e. The summed E-state index contributed by atoms with van der Waals surface area (Å²) in [6.07, 6.45) is 4.38. The Bertz CT molecular complexity index is 1010. The molecule has 0 aliphatic heterocycles. The zero-order chi connectivity index (χ0) is 29.8. The number of ketones is 2. The van der Waals surface area contributed by atoms with Gasteiger partial charge < -0.3 is 40.9 Å². The van der Waals surface area contributed by atoms with Crippen molar-refractivity contribution in [3.05, 3.63) is 57.6 Å². The van der Waals surface area contributed by atoms with E-state index in [9.17, 15) is 24.0 Å². The van der Waals surface area contributed by atoms with E-state index in [1.54, 1.807) is 45.2 Å². The fourth-order valence-electron chi connectivity index (χ4n) is 3.34. The first-order chi connectivity index (χ1) is 19.1. The molecule has 0 heterocycles. The van der Waals surface area contributed by atoms with Crippen LogP contribution >= 0.6 is 0 Å². The predicted molar refractivity (Wildman–Crippen MR) is 155 cm³/mol. The second-order valence-electron chi connectivity index (χ2n) is 9.43. The third-order valence-electron chi connectivity index (χ3n) is 5.90. The monoisotopic (exact) mass is 811 g/mol. The van der Waals surface area contributed by atoms with Gasteiger partial charge in [-0.3, -0.25) is 14.4 Å². The van der Waals surface area contributed by atoms with Gasteiger partial charge in [0.2, 0.25) is 0 Å². The average molecular weight is 813 g/mol. The second kappa shape index (κ2) is 31.0. The molecular weight excluding hydrogens is 771 g/mol. The van der Waals surface area contributed by atoms with Crippen molar-refractivity contribution in [1.82, 2.24) is 10.6 Å². The van der Waals surface area contributed by atoms with E-state index in [0.717, 1.165) is 30.5 Å². The topological polar surface area (TPSA) is 161 Å². The van der Waals surface area contributed by atoms with E-state index in [4.69, 9.17) is 4.74 Å². The number of amides is 4. The molecule has 0 aliphatic carbocycles. The summed E-state index contributed by atoms with van der Waals surface area (Å²) < 4.78 is 5.38. The Labute approximate surface area is 403 Å². The van der Waals surface area contributed by atoms with Gasteiger partial charge in [-0.2, -0.15) is 0 Å². The molecule has 1 aromatic carbocycles. The number of ether oxygens (including phenoxy) is 1. The molecule has 4 amide bonds. The van der Waals surface area contributed by atoms with Crippen LogP contribution in [0.15, 0.2) is 36.0 Å². The Morgan fingerprint density at radius 2 is 1.56 bits per heavy atom. The molecule has 1 unspecified atom stereocenters. The number of benzene rings is 1. The van der Waals surface area contributed by atoms with E-state index in [0.29, 0.717) is 31.8 Å². The Morgan fingerprint density at radius 3 is 2.19 bits per heavy atom. The third-order valence-corrected chi connectivity index (χ3v) is 5.90. The first-order valence-corrected chi connectivity index (χ1v) is 13.6. The van der Waals surface area contributed by atoms with E-state index < -0.39 is 18.2 Å². The zero-order valence-electron chi connectivity index (χ0n) is 27.0. The van der Waals surface area contributed by atoms with Crippen molar-refractivity contribution in [3.63, 3.8) is 0 Å². The third kappa shape index (κ3) is 27.3. The summed E-state index contributed by atoms with van der Waals surface area (Å²) in [5, 5.41) is 17.2. The summed E-state index contributed by atoms with van der Waals surface area (Å²) in [5.41, 5.74) is 1.97. The number of allylic oxidation sites excluding steroid dienone is 2.